The van der Waals surface area contributed by atoms with E-state index < -0.39 is 51.8 Å². The van der Waals surface area contributed by atoms with Crippen molar-refractivity contribution < 1.29 is 52.6 Å². The first kappa shape index (κ1) is 56.6. The van der Waals surface area contributed by atoms with E-state index in [1.54, 1.807) is 12.2 Å². The fourth-order valence-corrected chi connectivity index (χ4v) is 6.86. The molecule has 12 heteroatoms. The van der Waals surface area contributed by atoms with Crippen LogP contribution in [0.4, 0.5) is 0 Å². The highest BCUT2D eigenvalue weighted by Crippen LogP contribution is 2.43. The van der Waals surface area contributed by atoms with Crippen LogP contribution < -0.4 is 0 Å². The van der Waals surface area contributed by atoms with Crippen LogP contribution in [0.1, 0.15) is 188 Å². The van der Waals surface area contributed by atoms with E-state index in [2.05, 4.69) is 25.3 Å². The molecule has 0 rings (SSSR count). The Balaban J connectivity index is 4.37. The van der Waals surface area contributed by atoms with E-state index in [1.165, 1.54) is 77.0 Å². The number of rotatable bonds is 42. The van der Waals surface area contributed by atoms with Crippen molar-refractivity contribution in [2.24, 2.45) is 5.92 Å². The van der Waals surface area contributed by atoms with Crippen LogP contribution in [-0.2, 0) is 37.5 Å². The zero-order valence-corrected chi connectivity index (χ0v) is 38.0. The standard InChI is InChI=1S/C47H83O11P/c1-4-5-28-34-43(49)35-30-25-21-17-13-11-15-18-22-26-31-36-46(51)55-40-45(41-57-59(53,54)56-39-44(50)38-48)58-47(52)37-32-27-23-19-14-10-8-6-7-9-12-16-20-24-29-33-42(2)3/h11,13,18,21-22,25,30,35,42,44-45,48,50H,4-10,12,14-17,19-20,23-24,26-29,31-34,36-41H2,1-3H3,(H,53,54)/b13-11-,22-18-,25-21-,35-30+/t44-,45+/m0/s1. The van der Waals surface area contributed by atoms with Crippen molar-refractivity contribution in [3.05, 3.63) is 48.6 Å². The number of carbonyl (C=O) groups excluding carboxylic acids is 3. The van der Waals surface area contributed by atoms with Crippen LogP contribution in [0, 0.1) is 5.92 Å². The van der Waals surface area contributed by atoms with Gasteiger partial charge in [-0.1, -0.05) is 172 Å². The Kier molecular flexibility index (Phi) is 39.3. The third-order valence-corrected chi connectivity index (χ3v) is 10.6. The van der Waals surface area contributed by atoms with Crippen molar-refractivity contribution in [3.8, 4) is 0 Å². The molecule has 0 amide bonds. The molecule has 0 fully saturated rings. The first-order valence-corrected chi connectivity index (χ1v) is 24.4. The largest absolute Gasteiger partial charge is 0.472 e. The minimum atomic E-state index is -4.64. The summed E-state index contributed by atoms with van der Waals surface area (Å²) in [6.45, 7) is 4.49. The maximum absolute atomic E-state index is 12.6. The Morgan fingerprint density at radius 1 is 0.610 bits per heavy atom. The third-order valence-electron chi connectivity index (χ3n) is 9.64. The van der Waals surface area contributed by atoms with E-state index in [4.69, 9.17) is 19.1 Å². The number of unbranched alkanes of at least 4 members (excludes halogenated alkanes) is 17. The number of phosphoric acid groups is 1. The summed E-state index contributed by atoms with van der Waals surface area (Å²) in [4.78, 5) is 46.7. The lowest BCUT2D eigenvalue weighted by atomic mass is 10.0. The summed E-state index contributed by atoms with van der Waals surface area (Å²) in [6.07, 6.45) is 39.2. The van der Waals surface area contributed by atoms with E-state index in [-0.39, 0.29) is 25.2 Å². The van der Waals surface area contributed by atoms with Crippen LogP contribution in [0.2, 0.25) is 0 Å². The lowest BCUT2D eigenvalue weighted by Crippen LogP contribution is -2.29. The highest BCUT2D eigenvalue weighted by Gasteiger charge is 2.27. The average molecular weight is 855 g/mol. The minimum Gasteiger partial charge on any atom is -0.462 e. The van der Waals surface area contributed by atoms with Crippen molar-refractivity contribution in [3.63, 3.8) is 0 Å². The summed E-state index contributed by atoms with van der Waals surface area (Å²) in [7, 11) is -4.64. The molecule has 59 heavy (non-hydrogen) atoms. The van der Waals surface area contributed by atoms with Gasteiger partial charge in [0.05, 0.1) is 19.8 Å². The average Bonchev–Trinajstić information content (AvgIpc) is 3.20. The SMILES string of the molecule is CCCCCC(=O)/C=C/C=C\C/C=C\C/C=C\CCCC(=O)OC[C@H](COP(=O)(O)OC[C@@H](O)CO)OC(=O)CCCCCCCCCCCCCCCCCC(C)C. The van der Waals surface area contributed by atoms with Crippen molar-refractivity contribution in [2.45, 2.75) is 200 Å². The second-order valence-corrected chi connectivity index (χ2v) is 17.4. The van der Waals surface area contributed by atoms with Gasteiger partial charge >= 0.3 is 19.8 Å². The first-order chi connectivity index (χ1) is 28.5. The summed E-state index contributed by atoms with van der Waals surface area (Å²) in [5.41, 5.74) is 0. The summed E-state index contributed by atoms with van der Waals surface area (Å²) >= 11 is 0. The molecule has 342 valence electrons. The number of aliphatic hydroxyl groups excluding tert-OH is 2. The lowest BCUT2D eigenvalue weighted by molar-refractivity contribution is -0.161. The van der Waals surface area contributed by atoms with Gasteiger partial charge in [-0.05, 0) is 50.5 Å². The van der Waals surface area contributed by atoms with E-state index in [1.807, 2.05) is 36.5 Å². The van der Waals surface area contributed by atoms with Crippen molar-refractivity contribution in [2.75, 3.05) is 26.4 Å². The van der Waals surface area contributed by atoms with Crippen LogP contribution in [0.5, 0.6) is 0 Å². The second-order valence-electron chi connectivity index (χ2n) is 15.9. The van der Waals surface area contributed by atoms with Gasteiger partial charge in [-0.3, -0.25) is 23.4 Å². The van der Waals surface area contributed by atoms with E-state index in [0.717, 1.165) is 57.3 Å². The van der Waals surface area contributed by atoms with Gasteiger partial charge in [0.15, 0.2) is 11.9 Å². The number of phosphoric ester groups is 1. The van der Waals surface area contributed by atoms with Gasteiger partial charge in [-0.2, -0.15) is 0 Å². The number of ether oxygens (including phenoxy) is 2. The second kappa shape index (κ2) is 41.0. The molecule has 3 N–H and O–H groups in total. The van der Waals surface area contributed by atoms with Crippen LogP contribution >= 0.6 is 7.82 Å². The highest BCUT2D eigenvalue weighted by atomic mass is 31.2. The molecule has 0 aliphatic heterocycles. The molecule has 0 bridgehead atoms. The summed E-state index contributed by atoms with van der Waals surface area (Å²) in [6, 6.07) is 0. The normalized spacial score (nSPS) is 14.2. The first-order valence-electron chi connectivity index (χ1n) is 22.9. The Hall–Kier alpha value is -2.40. The van der Waals surface area contributed by atoms with E-state index in [0.29, 0.717) is 25.7 Å². The number of allylic oxidation sites excluding steroid dienone is 8. The molecule has 0 aliphatic rings. The molecule has 0 aromatic rings. The molecular weight excluding hydrogens is 771 g/mol. The maximum Gasteiger partial charge on any atom is 0.472 e. The third kappa shape index (κ3) is 42.1. The number of hydrogen-bond donors (Lipinski definition) is 3. The molecule has 0 saturated carbocycles. The molecule has 3 atom stereocenters. The van der Waals surface area contributed by atoms with Gasteiger partial charge in [-0.15, -0.1) is 0 Å². The van der Waals surface area contributed by atoms with Crippen molar-refractivity contribution in [1.29, 1.82) is 0 Å². The molecule has 0 heterocycles. The van der Waals surface area contributed by atoms with E-state index in [9.17, 15) is 28.9 Å². The molecule has 0 spiro atoms. The highest BCUT2D eigenvalue weighted by molar-refractivity contribution is 7.47. The Morgan fingerprint density at radius 3 is 1.73 bits per heavy atom. The number of carbonyl (C=O) groups is 3. The fourth-order valence-electron chi connectivity index (χ4n) is 6.07. The molecule has 0 aromatic heterocycles. The summed E-state index contributed by atoms with van der Waals surface area (Å²) in [5, 5.41) is 18.3. The molecular formula is C47H83O11P. The van der Waals surface area contributed by atoms with Gasteiger partial charge in [0.1, 0.15) is 12.7 Å². The molecule has 0 saturated heterocycles. The van der Waals surface area contributed by atoms with Gasteiger partial charge in [0.2, 0.25) is 0 Å². The Labute approximate surface area is 358 Å². The molecule has 1 unspecified atom stereocenters. The van der Waals surface area contributed by atoms with Gasteiger partial charge < -0.3 is 24.6 Å². The molecule has 0 aromatic carbocycles. The van der Waals surface area contributed by atoms with Crippen molar-refractivity contribution >= 4 is 25.5 Å². The summed E-state index contributed by atoms with van der Waals surface area (Å²) in [5.74, 6) is -0.0410. The van der Waals surface area contributed by atoms with Crippen LogP contribution in [-0.4, -0.2) is 71.5 Å². The van der Waals surface area contributed by atoms with Gasteiger partial charge in [-0.25, -0.2) is 4.57 Å². The summed E-state index contributed by atoms with van der Waals surface area (Å²) < 4.78 is 32.7. The fraction of sp³-hybridized carbons (Fsp3) is 0.766. The smallest absolute Gasteiger partial charge is 0.462 e. The lowest BCUT2D eigenvalue weighted by Gasteiger charge is -2.20. The molecule has 0 radical (unpaired) electrons. The molecule has 0 aliphatic carbocycles. The monoisotopic (exact) mass is 855 g/mol. The number of ketones is 1. The zero-order valence-electron chi connectivity index (χ0n) is 37.1. The minimum absolute atomic E-state index is 0.139. The van der Waals surface area contributed by atoms with Crippen molar-refractivity contribution in [1.82, 2.24) is 0 Å². The van der Waals surface area contributed by atoms with Crippen LogP contribution in [0.15, 0.2) is 48.6 Å². The quantitative estimate of drug-likeness (QED) is 0.0134. The predicted octanol–water partition coefficient (Wildman–Crippen LogP) is 11.5. The van der Waals surface area contributed by atoms with Gasteiger partial charge in [0.25, 0.3) is 0 Å². The van der Waals surface area contributed by atoms with E-state index >= 15 is 0 Å². The predicted molar refractivity (Wildman–Crippen MR) is 238 cm³/mol. The van der Waals surface area contributed by atoms with Gasteiger partial charge in [0, 0.05) is 19.3 Å². The maximum atomic E-state index is 12.6. The topological polar surface area (TPSA) is 166 Å². The number of hydrogen-bond acceptors (Lipinski definition) is 10. The number of esters is 2. The van der Waals surface area contributed by atoms with Crippen LogP contribution in [0.25, 0.3) is 0 Å². The zero-order chi connectivity index (χ0) is 43.7. The Morgan fingerprint density at radius 2 is 1.14 bits per heavy atom. The van der Waals surface area contributed by atoms with Crippen LogP contribution in [0.3, 0.4) is 0 Å². The molecule has 11 nitrogen and oxygen atoms in total. The number of aliphatic hydroxyl groups is 2. The Bertz CT molecular complexity index is 1200.